The van der Waals surface area contributed by atoms with Gasteiger partial charge in [0, 0.05) is 11.1 Å². The van der Waals surface area contributed by atoms with E-state index >= 15 is 0 Å². The number of halogens is 3. The van der Waals surface area contributed by atoms with Crippen molar-refractivity contribution >= 4 is 12.2 Å². The summed E-state index contributed by atoms with van der Waals surface area (Å²) >= 11 is 0. The average molecular weight is 409 g/mol. The molecule has 6 nitrogen and oxygen atoms in total. The van der Waals surface area contributed by atoms with Gasteiger partial charge in [0.1, 0.15) is 11.5 Å². The van der Waals surface area contributed by atoms with Crippen LogP contribution < -0.4 is 5.43 Å². The zero-order chi connectivity index (χ0) is 21.0. The number of hydrogen-bond donors (Lipinski definition) is 1. The summed E-state index contributed by atoms with van der Waals surface area (Å²) in [5.74, 6) is 0.839. The summed E-state index contributed by atoms with van der Waals surface area (Å²) in [6, 6.07) is 17.6. The predicted molar refractivity (Wildman–Crippen MR) is 106 cm³/mol. The van der Waals surface area contributed by atoms with Gasteiger partial charge in [-0.15, -0.1) is 5.10 Å². The number of nitrogens with one attached hydrogen (secondary N) is 1. The molecule has 0 unspecified atom stereocenters. The van der Waals surface area contributed by atoms with Crippen molar-refractivity contribution in [1.82, 2.24) is 15.2 Å². The quantitative estimate of drug-likeness (QED) is 0.359. The fraction of sp³-hybridized carbons (Fsp3) is 0.0476. The van der Waals surface area contributed by atoms with E-state index in [0.717, 1.165) is 17.7 Å². The molecule has 2 aromatic carbocycles. The lowest BCUT2D eigenvalue weighted by Crippen LogP contribution is -2.04. The van der Waals surface area contributed by atoms with E-state index in [0.29, 0.717) is 22.8 Å². The van der Waals surface area contributed by atoms with E-state index in [-0.39, 0.29) is 5.95 Å². The Labute approximate surface area is 169 Å². The lowest BCUT2D eigenvalue weighted by atomic mass is 10.1. The largest absolute Gasteiger partial charge is 0.455 e. The van der Waals surface area contributed by atoms with Gasteiger partial charge in [0.05, 0.1) is 23.7 Å². The van der Waals surface area contributed by atoms with Crippen molar-refractivity contribution in [3.63, 3.8) is 0 Å². The number of nitrogens with zero attached hydrogens (tertiary/aromatic N) is 4. The van der Waals surface area contributed by atoms with Crippen LogP contribution >= 0.6 is 0 Å². The summed E-state index contributed by atoms with van der Waals surface area (Å²) in [5.41, 5.74) is 3.76. The van der Waals surface area contributed by atoms with Crippen LogP contribution in [0, 0.1) is 0 Å². The lowest BCUT2D eigenvalue weighted by Gasteiger charge is -2.07. The number of alkyl halides is 3. The molecule has 2 heterocycles. The standard InChI is InChI=1S/C21H14F3N5O/c22-21(23,24)16-8-4-7-15(11-16)19-10-9-17(30-19)12-25-28-20-27-18(13-26-29-20)14-5-2-1-3-6-14/h1-13H,(H,27,28,29). The maximum atomic E-state index is 12.9. The van der Waals surface area contributed by atoms with Crippen LogP contribution in [0.3, 0.4) is 0 Å². The zero-order valence-electron chi connectivity index (χ0n) is 15.3. The molecule has 0 radical (unpaired) electrons. The highest BCUT2D eigenvalue weighted by atomic mass is 19.4. The molecule has 4 rings (SSSR count). The van der Waals surface area contributed by atoms with Crippen LogP contribution in [-0.4, -0.2) is 21.4 Å². The Morgan fingerprint density at radius 1 is 0.933 bits per heavy atom. The summed E-state index contributed by atoms with van der Waals surface area (Å²) in [7, 11) is 0. The molecule has 0 spiro atoms. The van der Waals surface area contributed by atoms with Crippen LogP contribution in [-0.2, 0) is 6.18 Å². The fourth-order valence-corrected chi connectivity index (χ4v) is 2.68. The average Bonchev–Trinajstić information content (AvgIpc) is 3.23. The smallest absolute Gasteiger partial charge is 0.416 e. The molecule has 150 valence electrons. The van der Waals surface area contributed by atoms with Gasteiger partial charge in [0.2, 0.25) is 0 Å². The minimum absolute atomic E-state index is 0.192. The highest BCUT2D eigenvalue weighted by Crippen LogP contribution is 2.32. The first-order valence-corrected chi connectivity index (χ1v) is 8.81. The Hall–Kier alpha value is -4.01. The van der Waals surface area contributed by atoms with Gasteiger partial charge >= 0.3 is 6.18 Å². The third kappa shape index (κ3) is 4.52. The van der Waals surface area contributed by atoms with E-state index in [1.165, 1.54) is 18.5 Å². The molecule has 0 amide bonds. The van der Waals surface area contributed by atoms with Crippen molar-refractivity contribution in [2.24, 2.45) is 5.10 Å². The highest BCUT2D eigenvalue weighted by molar-refractivity contribution is 5.78. The molecule has 9 heteroatoms. The molecule has 30 heavy (non-hydrogen) atoms. The number of anilines is 1. The van der Waals surface area contributed by atoms with Crippen LogP contribution in [0.25, 0.3) is 22.6 Å². The predicted octanol–water partition coefficient (Wildman–Crippen LogP) is 5.26. The van der Waals surface area contributed by atoms with Crippen molar-refractivity contribution in [1.29, 1.82) is 0 Å². The minimum atomic E-state index is -4.42. The molecule has 0 bridgehead atoms. The Bertz CT molecular complexity index is 1170. The lowest BCUT2D eigenvalue weighted by molar-refractivity contribution is -0.137. The van der Waals surface area contributed by atoms with E-state index in [1.54, 1.807) is 18.2 Å². The number of furan rings is 1. The number of rotatable bonds is 5. The minimum Gasteiger partial charge on any atom is -0.455 e. The molecule has 4 aromatic rings. The molecule has 0 saturated carbocycles. The Morgan fingerprint density at radius 3 is 2.53 bits per heavy atom. The van der Waals surface area contributed by atoms with Gasteiger partial charge in [-0.1, -0.05) is 42.5 Å². The second kappa shape index (κ2) is 8.16. The van der Waals surface area contributed by atoms with Gasteiger partial charge in [-0.25, -0.2) is 10.4 Å². The molecule has 0 saturated heterocycles. The first kappa shape index (κ1) is 19.3. The van der Waals surface area contributed by atoms with Gasteiger partial charge in [-0.05, 0) is 24.3 Å². The summed E-state index contributed by atoms with van der Waals surface area (Å²) in [4.78, 5) is 4.32. The maximum Gasteiger partial charge on any atom is 0.416 e. The summed E-state index contributed by atoms with van der Waals surface area (Å²) in [5, 5.41) is 11.7. The number of benzene rings is 2. The molecule has 2 aromatic heterocycles. The summed E-state index contributed by atoms with van der Waals surface area (Å²) in [6.07, 6.45) is -1.51. The number of aromatic nitrogens is 3. The zero-order valence-corrected chi connectivity index (χ0v) is 15.3. The first-order valence-electron chi connectivity index (χ1n) is 8.81. The maximum absolute atomic E-state index is 12.9. The molecular formula is C21H14F3N5O. The molecule has 1 N–H and O–H groups in total. The number of hydrogen-bond acceptors (Lipinski definition) is 6. The molecule has 0 fully saturated rings. The van der Waals surface area contributed by atoms with E-state index in [9.17, 15) is 13.2 Å². The van der Waals surface area contributed by atoms with Crippen molar-refractivity contribution < 1.29 is 17.6 Å². The highest BCUT2D eigenvalue weighted by Gasteiger charge is 2.30. The topological polar surface area (TPSA) is 76.2 Å². The monoisotopic (exact) mass is 409 g/mol. The SMILES string of the molecule is FC(F)(F)c1cccc(-c2ccc(C=NNc3nncc(-c4ccccc4)n3)o2)c1. The normalized spacial score (nSPS) is 11.7. The molecule has 0 atom stereocenters. The van der Waals surface area contributed by atoms with Crippen LogP contribution in [0.1, 0.15) is 11.3 Å². The van der Waals surface area contributed by atoms with Crippen LogP contribution in [0.2, 0.25) is 0 Å². The summed E-state index contributed by atoms with van der Waals surface area (Å²) in [6.45, 7) is 0. The molecule has 0 aliphatic rings. The third-order valence-electron chi connectivity index (χ3n) is 4.09. The number of hydrazone groups is 1. The fourth-order valence-electron chi connectivity index (χ4n) is 2.68. The van der Waals surface area contributed by atoms with Crippen molar-refractivity contribution in [3.8, 4) is 22.6 Å². The second-order valence-electron chi connectivity index (χ2n) is 6.18. The Kier molecular flexibility index (Phi) is 5.25. The van der Waals surface area contributed by atoms with Crippen molar-refractivity contribution in [3.05, 3.63) is 84.3 Å². The van der Waals surface area contributed by atoms with Crippen LogP contribution in [0.5, 0.6) is 0 Å². The molecular weight excluding hydrogens is 395 g/mol. The van der Waals surface area contributed by atoms with Gasteiger partial charge < -0.3 is 4.42 Å². The van der Waals surface area contributed by atoms with Crippen molar-refractivity contribution in [2.45, 2.75) is 6.18 Å². The second-order valence-corrected chi connectivity index (χ2v) is 6.18. The van der Waals surface area contributed by atoms with E-state index < -0.39 is 11.7 Å². The molecule has 0 aliphatic carbocycles. The Balaban J connectivity index is 1.46. The van der Waals surface area contributed by atoms with Crippen LogP contribution in [0.15, 0.2) is 82.4 Å². The van der Waals surface area contributed by atoms with E-state index in [2.05, 4.69) is 25.7 Å². The Morgan fingerprint density at radius 2 is 1.73 bits per heavy atom. The summed E-state index contributed by atoms with van der Waals surface area (Å²) < 4.78 is 44.2. The van der Waals surface area contributed by atoms with E-state index in [1.807, 2.05) is 30.3 Å². The first-order chi connectivity index (χ1) is 14.5. The van der Waals surface area contributed by atoms with Gasteiger partial charge in [-0.2, -0.15) is 23.4 Å². The third-order valence-corrected chi connectivity index (χ3v) is 4.09. The van der Waals surface area contributed by atoms with Gasteiger partial charge in [0.15, 0.2) is 0 Å². The van der Waals surface area contributed by atoms with Gasteiger partial charge in [0.25, 0.3) is 5.95 Å². The van der Waals surface area contributed by atoms with Gasteiger partial charge in [-0.3, -0.25) is 0 Å². The molecule has 0 aliphatic heterocycles. The van der Waals surface area contributed by atoms with Crippen molar-refractivity contribution in [2.75, 3.05) is 5.43 Å². The van der Waals surface area contributed by atoms with Crippen LogP contribution in [0.4, 0.5) is 19.1 Å². The van der Waals surface area contributed by atoms with E-state index in [4.69, 9.17) is 4.42 Å².